The maximum atomic E-state index is 13.9. The second-order valence-corrected chi connectivity index (χ2v) is 7.02. The number of carbonyl (C=O) groups is 1. The first kappa shape index (κ1) is 18.3. The van der Waals surface area contributed by atoms with Gasteiger partial charge in [0.25, 0.3) is 0 Å². The summed E-state index contributed by atoms with van der Waals surface area (Å²) in [5.41, 5.74) is 0.930. The summed E-state index contributed by atoms with van der Waals surface area (Å²) >= 11 is 0. The molecular formula is C20H20F2N4O2. The van der Waals surface area contributed by atoms with Gasteiger partial charge in [0, 0.05) is 18.8 Å². The fourth-order valence-electron chi connectivity index (χ4n) is 3.36. The van der Waals surface area contributed by atoms with Gasteiger partial charge < -0.3 is 9.64 Å². The van der Waals surface area contributed by atoms with Crippen molar-refractivity contribution in [2.45, 2.75) is 38.5 Å². The van der Waals surface area contributed by atoms with Crippen molar-refractivity contribution in [1.29, 1.82) is 0 Å². The number of halogens is 2. The van der Waals surface area contributed by atoms with E-state index in [4.69, 9.17) is 4.74 Å². The van der Waals surface area contributed by atoms with E-state index in [2.05, 4.69) is 10.1 Å². The van der Waals surface area contributed by atoms with Crippen molar-refractivity contribution in [1.82, 2.24) is 14.9 Å². The standard InChI is InChI=1S/C20H20F2N4O2/c1-12-17(22)9-14(10-23-12)18-7-8-24-26(18)20(27)25-11-19(13(25)2)28-16-5-3-15(21)4-6-16/h3-6,8-10,13,18-19H,7,11H2,1-2H3/t13-,18?,19-/m0/s1. The second-order valence-electron chi connectivity index (χ2n) is 7.02. The molecule has 1 unspecified atom stereocenters. The Balaban J connectivity index is 1.42. The highest BCUT2D eigenvalue weighted by Gasteiger charge is 2.44. The Hall–Kier alpha value is -3.03. The highest BCUT2D eigenvalue weighted by Crippen LogP contribution is 2.32. The maximum Gasteiger partial charge on any atom is 0.341 e. The summed E-state index contributed by atoms with van der Waals surface area (Å²) < 4.78 is 32.7. The molecule has 0 radical (unpaired) electrons. The van der Waals surface area contributed by atoms with Gasteiger partial charge in [-0.1, -0.05) is 0 Å². The van der Waals surface area contributed by atoms with E-state index < -0.39 is 5.82 Å². The summed E-state index contributed by atoms with van der Waals surface area (Å²) in [6.07, 6.45) is 3.56. The fraction of sp³-hybridized carbons (Fsp3) is 0.350. The van der Waals surface area contributed by atoms with Gasteiger partial charge in [0.1, 0.15) is 23.5 Å². The van der Waals surface area contributed by atoms with Crippen LogP contribution < -0.4 is 4.74 Å². The fourth-order valence-corrected chi connectivity index (χ4v) is 3.36. The number of benzene rings is 1. The summed E-state index contributed by atoms with van der Waals surface area (Å²) in [6.45, 7) is 3.88. The molecule has 8 heteroatoms. The van der Waals surface area contributed by atoms with E-state index in [-0.39, 0.29) is 30.0 Å². The third kappa shape index (κ3) is 3.30. The highest BCUT2D eigenvalue weighted by atomic mass is 19.1. The van der Waals surface area contributed by atoms with Crippen molar-refractivity contribution in [3.05, 3.63) is 59.4 Å². The van der Waals surface area contributed by atoms with Crippen LogP contribution in [-0.2, 0) is 0 Å². The minimum absolute atomic E-state index is 0.165. The molecule has 0 spiro atoms. The van der Waals surface area contributed by atoms with Gasteiger partial charge in [-0.25, -0.2) is 18.6 Å². The van der Waals surface area contributed by atoms with Gasteiger partial charge >= 0.3 is 6.03 Å². The van der Waals surface area contributed by atoms with Crippen LogP contribution >= 0.6 is 0 Å². The van der Waals surface area contributed by atoms with Crippen LogP contribution in [0.1, 0.15) is 30.6 Å². The van der Waals surface area contributed by atoms with Crippen LogP contribution in [0.2, 0.25) is 0 Å². The highest BCUT2D eigenvalue weighted by molar-refractivity contribution is 5.79. The van der Waals surface area contributed by atoms with Gasteiger partial charge in [0.05, 0.1) is 24.3 Å². The number of hydrazone groups is 1. The average molecular weight is 386 g/mol. The molecule has 2 aliphatic heterocycles. The van der Waals surface area contributed by atoms with Crippen LogP contribution in [0.4, 0.5) is 13.6 Å². The van der Waals surface area contributed by atoms with Gasteiger partial charge in [-0.15, -0.1) is 0 Å². The van der Waals surface area contributed by atoms with Crippen LogP contribution in [0.25, 0.3) is 0 Å². The Kier molecular flexibility index (Phi) is 4.70. The van der Waals surface area contributed by atoms with Crippen LogP contribution in [0.3, 0.4) is 0 Å². The molecule has 3 heterocycles. The van der Waals surface area contributed by atoms with E-state index in [0.717, 1.165) is 0 Å². The van der Waals surface area contributed by atoms with Gasteiger partial charge in [-0.2, -0.15) is 5.10 Å². The lowest BCUT2D eigenvalue weighted by Gasteiger charge is -2.46. The molecule has 2 aliphatic rings. The largest absolute Gasteiger partial charge is 0.486 e. The van der Waals surface area contributed by atoms with Gasteiger partial charge in [-0.05, 0) is 49.7 Å². The SMILES string of the molecule is Cc1ncc(C2CC=NN2C(=O)N2C[C@H](Oc3ccc(F)cc3)[C@@H]2C)cc1F. The molecule has 0 N–H and O–H groups in total. The molecule has 2 amide bonds. The zero-order chi connectivity index (χ0) is 19.8. The Morgan fingerprint density at radius 2 is 2.00 bits per heavy atom. The zero-order valence-electron chi connectivity index (χ0n) is 15.5. The number of hydrogen-bond donors (Lipinski definition) is 0. The first-order valence-corrected chi connectivity index (χ1v) is 9.10. The maximum absolute atomic E-state index is 13.9. The summed E-state index contributed by atoms with van der Waals surface area (Å²) in [4.78, 5) is 18.6. The molecule has 1 aromatic carbocycles. The van der Waals surface area contributed by atoms with Crippen molar-refractivity contribution in [2.75, 3.05) is 6.54 Å². The zero-order valence-corrected chi connectivity index (χ0v) is 15.5. The van der Waals surface area contributed by atoms with Crippen molar-refractivity contribution < 1.29 is 18.3 Å². The molecule has 28 heavy (non-hydrogen) atoms. The van der Waals surface area contributed by atoms with Gasteiger partial charge in [0.2, 0.25) is 0 Å². The Morgan fingerprint density at radius 1 is 1.25 bits per heavy atom. The predicted molar refractivity (Wildman–Crippen MR) is 99.0 cm³/mol. The molecule has 1 fully saturated rings. The van der Waals surface area contributed by atoms with Gasteiger partial charge in [-0.3, -0.25) is 4.98 Å². The first-order valence-electron chi connectivity index (χ1n) is 9.10. The predicted octanol–water partition coefficient (Wildman–Crippen LogP) is 3.67. The Bertz CT molecular complexity index is 919. The molecule has 146 valence electrons. The first-order chi connectivity index (χ1) is 13.4. The van der Waals surface area contributed by atoms with Gasteiger partial charge in [0.15, 0.2) is 0 Å². The summed E-state index contributed by atoms with van der Waals surface area (Å²) in [7, 11) is 0. The second kappa shape index (κ2) is 7.18. The number of nitrogens with zero attached hydrogens (tertiary/aromatic N) is 4. The Labute approximate surface area is 161 Å². The van der Waals surface area contributed by atoms with Crippen LogP contribution in [0.15, 0.2) is 41.6 Å². The molecule has 6 nitrogen and oxygen atoms in total. The summed E-state index contributed by atoms with van der Waals surface area (Å²) in [5, 5.41) is 5.56. The summed E-state index contributed by atoms with van der Waals surface area (Å²) in [6, 6.07) is 6.40. The monoisotopic (exact) mass is 386 g/mol. The minimum Gasteiger partial charge on any atom is -0.486 e. The third-order valence-corrected chi connectivity index (χ3v) is 5.21. The van der Waals surface area contributed by atoms with E-state index in [0.29, 0.717) is 30.0 Å². The van der Waals surface area contributed by atoms with Crippen LogP contribution in [0.5, 0.6) is 5.75 Å². The minimum atomic E-state index is -0.401. The van der Waals surface area contributed by atoms with E-state index >= 15 is 0 Å². The summed E-state index contributed by atoms with van der Waals surface area (Å²) in [5.74, 6) is -0.170. The molecule has 1 aromatic heterocycles. The third-order valence-electron chi connectivity index (χ3n) is 5.21. The number of urea groups is 1. The Morgan fingerprint density at radius 3 is 2.68 bits per heavy atom. The molecule has 0 bridgehead atoms. The smallest absolute Gasteiger partial charge is 0.341 e. The van der Waals surface area contributed by atoms with Crippen molar-refractivity contribution in [3.8, 4) is 5.75 Å². The molecule has 0 saturated carbocycles. The number of carbonyl (C=O) groups excluding carboxylic acids is 1. The molecule has 4 rings (SSSR count). The number of likely N-dealkylation sites (tertiary alicyclic amines) is 1. The molecular weight excluding hydrogens is 366 g/mol. The lowest BCUT2D eigenvalue weighted by atomic mass is 10.0. The van der Waals surface area contributed by atoms with E-state index in [9.17, 15) is 13.6 Å². The van der Waals surface area contributed by atoms with Crippen LogP contribution in [0, 0.1) is 18.6 Å². The van der Waals surface area contributed by atoms with Crippen molar-refractivity contribution in [2.24, 2.45) is 5.10 Å². The lowest BCUT2D eigenvalue weighted by Crippen LogP contribution is -2.64. The number of hydrogen-bond acceptors (Lipinski definition) is 4. The number of pyridine rings is 1. The number of ether oxygens (including phenoxy) is 1. The molecule has 0 aliphatic carbocycles. The lowest BCUT2D eigenvalue weighted by molar-refractivity contribution is -0.0197. The van der Waals surface area contributed by atoms with E-state index in [1.54, 1.807) is 36.4 Å². The molecule has 1 saturated heterocycles. The van der Waals surface area contributed by atoms with E-state index in [1.807, 2.05) is 6.92 Å². The number of amides is 2. The number of aromatic nitrogens is 1. The average Bonchev–Trinajstić information content (AvgIpc) is 3.17. The normalized spacial score (nSPS) is 23.6. The number of rotatable bonds is 3. The van der Waals surface area contributed by atoms with Crippen molar-refractivity contribution >= 4 is 12.2 Å². The number of aryl methyl sites for hydroxylation is 1. The van der Waals surface area contributed by atoms with E-state index in [1.165, 1.54) is 23.2 Å². The van der Waals surface area contributed by atoms with Crippen molar-refractivity contribution in [3.63, 3.8) is 0 Å². The molecule has 3 atom stereocenters. The molecule has 2 aromatic rings. The topological polar surface area (TPSA) is 58.0 Å². The quantitative estimate of drug-likeness (QED) is 0.809. The van der Waals surface area contributed by atoms with Crippen LogP contribution in [-0.4, -0.2) is 45.8 Å².